The Morgan fingerprint density at radius 3 is 3.00 bits per heavy atom. The molecule has 0 bridgehead atoms. The molecule has 0 amide bonds. The van der Waals surface area contributed by atoms with Gasteiger partial charge in [0.2, 0.25) is 0 Å². The number of aromatic hydroxyl groups is 1. The van der Waals surface area contributed by atoms with Crippen molar-refractivity contribution in [3.63, 3.8) is 0 Å². The van der Waals surface area contributed by atoms with Gasteiger partial charge < -0.3 is 9.52 Å². The Labute approximate surface area is 73.8 Å². The molecule has 4 heteroatoms. The van der Waals surface area contributed by atoms with Gasteiger partial charge in [0.1, 0.15) is 5.52 Å². The van der Waals surface area contributed by atoms with Crippen LogP contribution in [0.4, 0.5) is 0 Å². The summed E-state index contributed by atoms with van der Waals surface area (Å²) in [6.07, 6.45) is 1.23. The normalized spacial score (nSPS) is 10.5. The van der Waals surface area contributed by atoms with Crippen molar-refractivity contribution in [2.24, 2.45) is 0 Å². The lowest BCUT2D eigenvalue weighted by atomic mass is 10.1. The largest absolute Gasteiger partial charge is 0.504 e. The maximum absolute atomic E-state index is 11.0. The lowest BCUT2D eigenvalue weighted by Crippen LogP contribution is -1.91. The summed E-state index contributed by atoms with van der Waals surface area (Å²) in [5.41, 5.74) is 1.06. The van der Waals surface area contributed by atoms with Crippen LogP contribution in [-0.2, 0) is 0 Å². The van der Waals surface area contributed by atoms with Gasteiger partial charge in [-0.15, -0.1) is 0 Å². The zero-order valence-electron chi connectivity index (χ0n) is 6.94. The minimum atomic E-state index is -0.198. The van der Waals surface area contributed by atoms with Crippen LogP contribution in [0, 0.1) is 0 Å². The fourth-order valence-electron chi connectivity index (χ4n) is 1.20. The average Bonchev–Trinajstić information content (AvgIpc) is 2.52. The molecule has 1 aromatic carbocycles. The van der Waals surface area contributed by atoms with Crippen LogP contribution >= 0.6 is 0 Å². The van der Waals surface area contributed by atoms with Crippen molar-refractivity contribution >= 4 is 16.9 Å². The van der Waals surface area contributed by atoms with E-state index in [9.17, 15) is 9.90 Å². The Hall–Kier alpha value is -1.84. The van der Waals surface area contributed by atoms with E-state index in [0.29, 0.717) is 5.52 Å². The van der Waals surface area contributed by atoms with Gasteiger partial charge in [-0.1, -0.05) is 0 Å². The van der Waals surface area contributed by atoms with Gasteiger partial charge in [0, 0.05) is 0 Å². The lowest BCUT2D eigenvalue weighted by Gasteiger charge is -1.98. The molecule has 2 aromatic rings. The Morgan fingerprint density at radius 1 is 1.54 bits per heavy atom. The van der Waals surface area contributed by atoms with Gasteiger partial charge in [-0.2, -0.15) is 0 Å². The van der Waals surface area contributed by atoms with Crippen LogP contribution in [-0.4, -0.2) is 15.9 Å². The van der Waals surface area contributed by atoms with Gasteiger partial charge >= 0.3 is 0 Å². The first-order valence-electron chi connectivity index (χ1n) is 3.76. The Balaban J connectivity index is 2.80. The van der Waals surface area contributed by atoms with Crippen molar-refractivity contribution in [3.05, 3.63) is 24.1 Å². The number of hydrogen-bond donors (Lipinski definition) is 1. The fraction of sp³-hybridized carbons (Fsp3) is 0.111. The molecule has 2 rings (SSSR count). The number of nitrogens with zero attached hydrogens (tertiary/aromatic N) is 1. The van der Waals surface area contributed by atoms with Gasteiger partial charge in [0.05, 0.1) is 5.56 Å². The maximum Gasteiger partial charge on any atom is 0.196 e. The molecule has 13 heavy (non-hydrogen) atoms. The zero-order valence-corrected chi connectivity index (χ0v) is 6.94. The standard InChI is InChI=1S/C9H7NO3/c1-5(11)6-2-3-7-9(8(6)12)13-4-10-7/h2-4,12H,1H3. The third-order valence-corrected chi connectivity index (χ3v) is 1.85. The molecule has 66 valence electrons. The summed E-state index contributed by atoms with van der Waals surface area (Å²) < 4.78 is 4.93. The number of benzene rings is 1. The number of phenols is 1. The van der Waals surface area contributed by atoms with Gasteiger partial charge in [0.25, 0.3) is 0 Å². The predicted molar refractivity (Wildman–Crippen MR) is 45.7 cm³/mol. The Morgan fingerprint density at radius 2 is 2.31 bits per heavy atom. The summed E-state index contributed by atoms with van der Waals surface area (Å²) in [6, 6.07) is 3.16. The average molecular weight is 177 g/mol. The summed E-state index contributed by atoms with van der Waals surface area (Å²) in [7, 11) is 0. The molecule has 0 aliphatic carbocycles. The van der Waals surface area contributed by atoms with E-state index in [0.717, 1.165) is 0 Å². The number of oxazole rings is 1. The topological polar surface area (TPSA) is 63.3 Å². The number of ketones is 1. The molecule has 4 nitrogen and oxygen atoms in total. The van der Waals surface area contributed by atoms with E-state index in [2.05, 4.69) is 4.98 Å². The molecule has 1 N–H and O–H groups in total. The summed E-state index contributed by atoms with van der Waals surface area (Å²) in [4.78, 5) is 14.9. The molecule has 0 aliphatic rings. The predicted octanol–water partition coefficient (Wildman–Crippen LogP) is 1.74. The van der Waals surface area contributed by atoms with Crippen molar-refractivity contribution in [1.82, 2.24) is 4.98 Å². The Bertz CT molecular complexity index is 473. The van der Waals surface area contributed by atoms with E-state index in [1.165, 1.54) is 19.4 Å². The summed E-state index contributed by atoms with van der Waals surface area (Å²) in [6.45, 7) is 1.39. The highest BCUT2D eigenvalue weighted by molar-refractivity contribution is 6.01. The Kier molecular flexibility index (Phi) is 1.55. The van der Waals surface area contributed by atoms with Crippen molar-refractivity contribution in [1.29, 1.82) is 0 Å². The van der Waals surface area contributed by atoms with Crippen LogP contribution < -0.4 is 0 Å². The van der Waals surface area contributed by atoms with Gasteiger partial charge in [-0.3, -0.25) is 4.79 Å². The van der Waals surface area contributed by atoms with Crippen LogP contribution in [0.2, 0.25) is 0 Å². The molecular weight excluding hydrogens is 170 g/mol. The summed E-state index contributed by atoms with van der Waals surface area (Å²) >= 11 is 0. The number of rotatable bonds is 1. The molecule has 0 unspecified atom stereocenters. The van der Waals surface area contributed by atoms with Gasteiger partial charge in [-0.25, -0.2) is 4.98 Å². The summed E-state index contributed by atoms with van der Waals surface area (Å²) in [5, 5.41) is 9.55. The zero-order chi connectivity index (χ0) is 9.42. The third kappa shape index (κ3) is 1.07. The highest BCUT2D eigenvalue weighted by atomic mass is 16.4. The van der Waals surface area contributed by atoms with Gasteiger partial charge in [-0.05, 0) is 19.1 Å². The smallest absolute Gasteiger partial charge is 0.196 e. The van der Waals surface area contributed by atoms with E-state index >= 15 is 0 Å². The SMILES string of the molecule is CC(=O)c1ccc2ncoc2c1O. The van der Waals surface area contributed by atoms with E-state index in [4.69, 9.17) is 4.42 Å². The highest BCUT2D eigenvalue weighted by Crippen LogP contribution is 2.27. The van der Waals surface area contributed by atoms with Crippen LogP contribution in [0.25, 0.3) is 11.1 Å². The minimum Gasteiger partial charge on any atom is -0.504 e. The van der Waals surface area contributed by atoms with Crippen LogP contribution in [0.15, 0.2) is 22.9 Å². The first-order chi connectivity index (χ1) is 6.20. The van der Waals surface area contributed by atoms with Crippen LogP contribution in [0.5, 0.6) is 5.75 Å². The van der Waals surface area contributed by atoms with Crippen molar-refractivity contribution in [3.8, 4) is 5.75 Å². The molecule has 0 fully saturated rings. The van der Waals surface area contributed by atoms with Crippen LogP contribution in [0.3, 0.4) is 0 Å². The maximum atomic E-state index is 11.0. The first kappa shape index (κ1) is 7.79. The number of carbonyl (C=O) groups is 1. The molecule has 0 radical (unpaired) electrons. The fourth-order valence-corrected chi connectivity index (χ4v) is 1.20. The molecule has 0 aliphatic heterocycles. The molecule has 0 spiro atoms. The minimum absolute atomic E-state index is 0.137. The molecule has 0 saturated heterocycles. The number of aromatic nitrogens is 1. The molecular formula is C9H7NO3. The van der Waals surface area contributed by atoms with E-state index < -0.39 is 0 Å². The first-order valence-corrected chi connectivity index (χ1v) is 3.76. The van der Waals surface area contributed by atoms with Crippen molar-refractivity contribution in [2.75, 3.05) is 0 Å². The number of hydrogen-bond acceptors (Lipinski definition) is 4. The van der Waals surface area contributed by atoms with E-state index in [1.807, 2.05) is 0 Å². The molecule has 0 saturated carbocycles. The second kappa shape index (κ2) is 2.58. The monoisotopic (exact) mass is 177 g/mol. The number of carbonyl (C=O) groups excluding carboxylic acids is 1. The number of Topliss-reactive ketones (excluding diaryl/α,β-unsaturated/α-hetero) is 1. The van der Waals surface area contributed by atoms with E-state index in [1.54, 1.807) is 6.07 Å². The van der Waals surface area contributed by atoms with Gasteiger partial charge in [0.15, 0.2) is 23.5 Å². The second-order valence-corrected chi connectivity index (χ2v) is 2.72. The molecule has 1 aromatic heterocycles. The lowest BCUT2D eigenvalue weighted by molar-refractivity contribution is 0.101. The summed E-state index contributed by atoms with van der Waals surface area (Å²) in [5.74, 6) is -0.335. The molecule has 1 heterocycles. The second-order valence-electron chi connectivity index (χ2n) is 2.72. The van der Waals surface area contributed by atoms with Crippen LogP contribution in [0.1, 0.15) is 17.3 Å². The number of fused-ring (bicyclic) bond motifs is 1. The number of phenolic OH excluding ortho intramolecular Hbond substituents is 1. The van der Waals surface area contributed by atoms with E-state index in [-0.39, 0.29) is 22.7 Å². The van der Waals surface area contributed by atoms with Crippen molar-refractivity contribution in [2.45, 2.75) is 6.92 Å². The van der Waals surface area contributed by atoms with Crippen molar-refractivity contribution < 1.29 is 14.3 Å². The molecule has 0 atom stereocenters. The quantitative estimate of drug-likeness (QED) is 0.674. The highest BCUT2D eigenvalue weighted by Gasteiger charge is 2.12. The third-order valence-electron chi connectivity index (χ3n) is 1.85.